The lowest BCUT2D eigenvalue weighted by molar-refractivity contribution is -0.112. The van der Waals surface area contributed by atoms with E-state index in [4.69, 9.17) is 4.74 Å². The monoisotopic (exact) mass is 194 g/mol. The molecule has 0 amide bonds. The molecule has 1 aromatic heterocycles. The minimum Gasteiger partial charge on any atom is -0.493 e. The molecule has 4 heteroatoms. The van der Waals surface area contributed by atoms with Crippen molar-refractivity contribution in [2.24, 2.45) is 7.05 Å². The number of aromatic nitrogens is 2. The Morgan fingerprint density at radius 1 is 1.71 bits per heavy atom. The molecule has 14 heavy (non-hydrogen) atoms. The smallest absolute Gasteiger partial charge is 0.156 e. The molecule has 0 aliphatic heterocycles. The van der Waals surface area contributed by atoms with E-state index >= 15 is 0 Å². The number of allylic oxidation sites excluding steroid dienone is 1. The standard InChI is InChI=1S/C10H14N2O2/c1-4-14-10(5-8(2)13)9-6-11-12(3)7-9/h5-7H,4H2,1-3H3/b10-5-. The molecule has 0 aliphatic carbocycles. The molecule has 0 N–H and O–H groups in total. The van der Waals surface area contributed by atoms with Crippen molar-refractivity contribution in [2.75, 3.05) is 6.61 Å². The van der Waals surface area contributed by atoms with Crippen LogP contribution in [0.25, 0.3) is 5.76 Å². The zero-order valence-corrected chi connectivity index (χ0v) is 8.65. The molecule has 0 saturated heterocycles. The fourth-order valence-corrected chi connectivity index (χ4v) is 1.10. The maximum absolute atomic E-state index is 10.9. The van der Waals surface area contributed by atoms with Crippen LogP contribution in [0.2, 0.25) is 0 Å². The van der Waals surface area contributed by atoms with Crippen molar-refractivity contribution in [3.63, 3.8) is 0 Å². The molecule has 0 bridgehead atoms. The van der Waals surface area contributed by atoms with E-state index in [0.29, 0.717) is 12.4 Å². The second-order valence-electron chi connectivity index (χ2n) is 2.95. The predicted molar refractivity (Wildman–Crippen MR) is 53.5 cm³/mol. The summed E-state index contributed by atoms with van der Waals surface area (Å²) in [5.74, 6) is 0.547. The van der Waals surface area contributed by atoms with Gasteiger partial charge in [0.05, 0.1) is 18.4 Å². The average molecular weight is 194 g/mol. The average Bonchev–Trinajstić information content (AvgIpc) is 2.50. The van der Waals surface area contributed by atoms with Crippen molar-refractivity contribution < 1.29 is 9.53 Å². The van der Waals surface area contributed by atoms with Gasteiger partial charge in [-0.2, -0.15) is 5.10 Å². The Morgan fingerprint density at radius 3 is 2.86 bits per heavy atom. The lowest BCUT2D eigenvalue weighted by Crippen LogP contribution is -1.94. The lowest BCUT2D eigenvalue weighted by atomic mass is 10.2. The van der Waals surface area contributed by atoms with Crippen molar-refractivity contribution in [3.8, 4) is 0 Å². The number of rotatable bonds is 4. The van der Waals surface area contributed by atoms with Crippen LogP contribution in [0.5, 0.6) is 0 Å². The van der Waals surface area contributed by atoms with Crippen molar-refractivity contribution in [1.82, 2.24) is 9.78 Å². The van der Waals surface area contributed by atoms with Gasteiger partial charge < -0.3 is 4.74 Å². The van der Waals surface area contributed by atoms with E-state index in [0.717, 1.165) is 5.56 Å². The number of ketones is 1. The van der Waals surface area contributed by atoms with Crippen molar-refractivity contribution in [1.29, 1.82) is 0 Å². The lowest BCUT2D eigenvalue weighted by Gasteiger charge is -2.04. The molecule has 4 nitrogen and oxygen atoms in total. The van der Waals surface area contributed by atoms with Gasteiger partial charge in [-0.15, -0.1) is 0 Å². The highest BCUT2D eigenvalue weighted by Gasteiger charge is 2.05. The Bertz CT molecular complexity index is 353. The second kappa shape index (κ2) is 4.60. The normalized spacial score (nSPS) is 11.5. The van der Waals surface area contributed by atoms with Crippen LogP contribution in [0.3, 0.4) is 0 Å². The number of carbonyl (C=O) groups is 1. The molecule has 1 heterocycles. The van der Waals surface area contributed by atoms with Crippen LogP contribution in [0.15, 0.2) is 18.5 Å². The first-order chi connectivity index (χ1) is 6.63. The summed E-state index contributed by atoms with van der Waals surface area (Å²) in [4.78, 5) is 10.9. The topological polar surface area (TPSA) is 44.1 Å². The maximum Gasteiger partial charge on any atom is 0.156 e. The summed E-state index contributed by atoms with van der Waals surface area (Å²) in [6, 6.07) is 0. The van der Waals surface area contributed by atoms with Crippen molar-refractivity contribution in [2.45, 2.75) is 13.8 Å². The van der Waals surface area contributed by atoms with Crippen LogP contribution < -0.4 is 0 Å². The quantitative estimate of drug-likeness (QED) is 0.537. The minimum absolute atomic E-state index is 0.0303. The fourth-order valence-electron chi connectivity index (χ4n) is 1.10. The molecule has 0 saturated carbocycles. The molecule has 0 aliphatic rings. The molecule has 1 aromatic rings. The van der Waals surface area contributed by atoms with Crippen LogP contribution >= 0.6 is 0 Å². The number of hydrogen-bond acceptors (Lipinski definition) is 3. The van der Waals surface area contributed by atoms with Gasteiger partial charge >= 0.3 is 0 Å². The molecular formula is C10H14N2O2. The highest BCUT2D eigenvalue weighted by Crippen LogP contribution is 2.14. The van der Waals surface area contributed by atoms with Crippen LogP contribution in [-0.2, 0) is 16.6 Å². The number of carbonyl (C=O) groups excluding carboxylic acids is 1. The number of hydrogen-bond donors (Lipinski definition) is 0. The molecule has 0 unspecified atom stereocenters. The Labute approximate surface area is 83.2 Å². The molecule has 0 spiro atoms. The summed E-state index contributed by atoms with van der Waals surface area (Å²) < 4.78 is 7.01. The van der Waals surface area contributed by atoms with Crippen molar-refractivity contribution >= 4 is 11.5 Å². The van der Waals surface area contributed by atoms with Gasteiger partial charge in [0.1, 0.15) is 5.76 Å². The van der Waals surface area contributed by atoms with Gasteiger partial charge in [0.25, 0.3) is 0 Å². The van der Waals surface area contributed by atoms with Crippen LogP contribution in [0.1, 0.15) is 19.4 Å². The number of ether oxygens (including phenoxy) is 1. The first-order valence-electron chi connectivity index (χ1n) is 4.47. The number of aryl methyl sites for hydroxylation is 1. The van der Waals surface area contributed by atoms with Gasteiger partial charge in [-0.05, 0) is 13.8 Å². The molecule has 0 radical (unpaired) electrons. The third-order valence-electron chi connectivity index (χ3n) is 1.62. The van der Waals surface area contributed by atoms with E-state index in [-0.39, 0.29) is 5.78 Å². The van der Waals surface area contributed by atoms with E-state index in [1.165, 1.54) is 13.0 Å². The maximum atomic E-state index is 10.9. The number of nitrogens with zero attached hydrogens (tertiary/aromatic N) is 2. The summed E-state index contributed by atoms with van der Waals surface area (Å²) in [6.07, 6.45) is 4.95. The summed E-state index contributed by atoms with van der Waals surface area (Å²) in [5.41, 5.74) is 0.824. The van der Waals surface area contributed by atoms with E-state index in [2.05, 4.69) is 5.10 Å². The van der Waals surface area contributed by atoms with Gasteiger partial charge in [0.15, 0.2) is 5.78 Å². The SMILES string of the molecule is CCO/C(=C\C(C)=O)c1cnn(C)c1. The zero-order chi connectivity index (χ0) is 10.6. The largest absolute Gasteiger partial charge is 0.493 e. The van der Waals surface area contributed by atoms with Gasteiger partial charge in [-0.25, -0.2) is 0 Å². The first-order valence-corrected chi connectivity index (χ1v) is 4.47. The Balaban J connectivity index is 2.93. The van der Waals surface area contributed by atoms with Gasteiger partial charge in [-0.1, -0.05) is 0 Å². The molecule has 0 atom stereocenters. The van der Waals surface area contributed by atoms with Crippen LogP contribution in [0.4, 0.5) is 0 Å². The fraction of sp³-hybridized carbons (Fsp3) is 0.400. The zero-order valence-electron chi connectivity index (χ0n) is 8.65. The minimum atomic E-state index is -0.0303. The third-order valence-corrected chi connectivity index (χ3v) is 1.62. The molecular weight excluding hydrogens is 180 g/mol. The predicted octanol–water partition coefficient (Wildman–Crippen LogP) is 1.39. The summed E-state index contributed by atoms with van der Waals surface area (Å²) in [6.45, 7) is 3.91. The molecule has 76 valence electrons. The van der Waals surface area contributed by atoms with Crippen LogP contribution in [0, 0.1) is 0 Å². The molecule has 1 rings (SSSR count). The summed E-state index contributed by atoms with van der Waals surface area (Å²) in [7, 11) is 1.82. The first kappa shape index (κ1) is 10.5. The van der Waals surface area contributed by atoms with Crippen LogP contribution in [-0.4, -0.2) is 22.2 Å². The van der Waals surface area contributed by atoms with E-state index < -0.39 is 0 Å². The Kier molecular flexibility index (Phi) is 3.45. The highest BCUT2D eigenvalue weighted by atomic mass is 16.5. The van der Waals surface area contributed by atoms with Gasteiger partial charge in [0, 0.05) is 19.3 Å². The van der Waals surface area contributed by atoms with Gasteiger partial charge in [-0.3, -0.25) is 9.48 Å². The molecule has 0 aromatic carbocycles. The van der Waals surface area contributed by atoms with E-state index in [1.54, 1.807) is 10.9 Å². The van der Waals surface area contributed by atoms with E-state index in [1.807, 2.05) is 20.2 Å². The second-order valence-corrected chi connectivity index (χ2v) is 2.95. The van der Waals surface area contributed by atoms with Crippen molar-refractivity contribution in [3.05, 3.63) is 24.0 Å². The molecule has 0 fully saturated rings. The highest BCUT2D eigenvalue weighted by molar-refractivity contribution is 5.93. The third kappa shape index (κ3) is 2.73. The summed E-state index contributed by atoms with van der Waals surface area (Å²) >= 11 is 0. The van der Waals surface area contributed by atoms with Gasteiger partial charge in [0.2, 0.25) is 0 Å². The Morgan fingerprint density at radius 2 is 2.43 bits per heavy atom. The Hall–Kier alpha value is -1.58. The summed E-state index contributed by atoms with van der Waals surface area (Å²) in [5, 5.41) is 4.01. The van der Waals surface area contributed by atoms with E-state index in [9.17, 15) is 4.79 Å².